The van der Waals surface area contributed by atoms with Gasteiger partial charge >= 0.3 is 0 Å². The average Bonchev–Trinajstić information content (AvgIpc) is 2.45. The van der Waals surface area contributed by atoms with Crippen LogP contribution in [0.2, 0.25) is 0 Å². The summed E-state index contributed by atoms with van der Waals surface area (Å²) in [5.41, 5.74) is 0.162. The summed E-state index contributed by atoms with van der Waals surface area (Å²) in [5.74, 6) is 1.18. The van der Waals surface area contributed by atoms with Crippen LogP contribution in [0, 0.1) is 11.8 Å². The Morgan fingerprint density at radius 3 is 2.55 bits per heavy atom. The van der Waals surface area contributed by atoms with Gasteiger partial charge in [0.25, 0.3) is 0 Å². The summed E-state index contributed by atoms with van der Waals surface area (Å²) in [7, 11) is 4.32. The minimum Gasteiger partial charge on any atom is -0.354 e. The molecule has 132 valence electrons. The summed E-state index contributed by atoms with van der Waals surface area (Å²) < 4.78 is 0. The third kappa shape index (κ3) is 5.55. The molecule has 2 fully saturated rings. The minimum atomic E-state index is 0. The van der Waals surface area contributed by atoms with E-state index in [9.17, 15) is 4.79 Å². The van der Waals surface area contributed by atoms with Gasteiger partial charge in [-0.05, 0) is 52.2 Å². The van der Waals surface area contributed by atoms with Crippen LogP contribution in [0.4, 0.5) is 0 Å². The molecule has 0 bridgehead atoms. The van der Waals surface area contributed by atoms with E-state index in [-0.39, 0.29) is 42.2 Å². The standard InChI is InChI=1S/C16H31N3O.2ClH/c1-13-6-4-8-16(10-13,19(2)3)12-18-15(20)14-7-5-9-17-11-14;;/h13-14,17H,4-12H2,1-3H3,(H,18,20);2*1H. The molecule has 0 spiro atoms. The quantitative estimate of drug-likeness (QED) is 0.815. The van der Waals surface area contributed by atoms with E-state index >= 15 is 0 Å². The Morgan fingerprint density at radius 2 is 2.00 bits per heavy atom. The Labute approximate surface area is 148 Å². The van der Waals surface area contributed by atoms with Crippen LogP contribution in [0.5, 0.6) is 0 Å². The first-order valence-corrected chi connectivity index (χ1v) is 8.19. The molecule has 3 unspecified atom stereocenters. The molecule has 2 rings (SSSR count). The molecular formula is C16H33Cl2N3O. The summed E-state index contributed by atoms with van der Waals surface area (Å²) in [6, 6.07) is 0. The predicted octanol–water partition coefficient (Wildman–Crippen LogP) is 2.46. The van der Waals surface area contributed by atoms with Crippen molar-refractivity contribution in [1.82, 2.24) is 15.5 Å². The number of halogens is 2. The van der Waals surface area contributed by atoms with Crippen LogP contribution >= 0.6 is 24.8 Å². The highest BCUT2D eigenvalue weighted by Crippen LogP contribution is 2.35. The zero-order chi connectivity index (χ0) is 14.6. The number of nitrogens with zero attached hydrogens (tertiary/aromatic N) is 1. The second-order valence-electron chi connectivity index (χ2n) is 7.08. The van der Waals surface area contributed by atoms with Crippen molar-refractivity contribution >= 4 is 30.7 Å². The lowest BCUT2D eigenvalue weighted by Gasteiger charge is -2.45. The fourth-order valence-corrected chi connectivity index (χ4v) is 3.83. The first-order valence-electron chi connectivity index (χ1n) is 8.19. The maximum absolute atomic E-state index is 12.3. The first-order chi connectivity index (χ1) is 9.53. The number of nitrogens with one attached hydrogen (secondary N) is 2. The van der Waals surface area contributed by atoms with Gasteiger partial charge in [-0.1, -0.05) is 19.8 Å². The SMILES string of the molecule is CC1CCCC(CNC(=O)C2CCCNC2)(N(C)C)C1.Cl.Cl. The molecule has 1 saturated carbocycles. The molecular weight excluding hydrogens is 321 g/mol. The van der Waals surface area contributed by atoms with Gasteiger partial charge in [0.1, 0.15) is 0 Å². The number of amides is 1. The highest BCUT2D eigenvalue weighted by Gasteiger charge is 2.37. The molecule has 0 aromatic heterocycles. The molecule has 1 amide bonds. The molecule has 1 heterocycles. The second-order valence-corrected chi connectivity index (χ2v) is 7.08. The fraction of sp³-hybridized carbons (Fsp3) is 0.938. The monoisotopic (exact) mass is 353 g/mol. The van der Waals surface area contributed by atoms with Gasteiger partial charge in [-0.25, -0.2) is 0 Å². The van der Waals surface area contributed by atoms with E-state index in [0.717, 1.165) is 38.4 Å². The van der Waals surface area contributed by atoms with E-state index in [2.05, 4.69) is 36.6 Å². The van der Waals surface area contributed by atoms with Crippen LogP contribution in [0.1, 0.15) is 45.4 Å². The Morgan fingerprint density at radius 1 is 1.27 bits per heavy atom. The molecule has 3 atom stereocenters. The number of carbonyl (C=O) groups is 1. The Bertz CT molecular complexity index is 335. The summed E-state index contributed by atoms with van der Waals surface area (Å²) in [6.07, 6.45) is 7.16. The predicted molar refractivity (Wildman–Crippen MR) is 97.1 cm³/mol. The van der Waals surface area contributed by atoms with Crippen molar-refractivity contribution in [1.29, 1.82) is 0 Å². The van der Waals surface area contributed by atoms with E-state index in [1.165, 1.54) is 25.7 Å². The van der Waals surface area contributed by atoms with Crippen molar-refractivity contribution < 1.29 is 4.79 Å². The molecule has 2 N–H and O–H groups in total. The molecule has 22 heavy (non-hydrogen) atoms. The molecule has 0 aromatic rings. The molecule has 0 aromatic carbocycles. The molecule has 1 aliphatic carbocycles. The van der Waals surface area contributed by atoms with E-state index in [4.69, 9.17) is 0 Å². The third-order valence-corrected chi connectivity index (χ3v) is 5.28. The second kappa shape index (κ2) is 9.96. The van der Waals surface area contributed by atoms with Crippen molar-refractivity contribution in [3.8, 4) is 0 Å². The fourth-order valence-electron chi connectivity index (χ4n) is 3.83. The largest absolute Gasteiger partial charge is 0.354 e. The van der Waals surface area contributed by atoms with Gasteiger partial charge in [-0.2, -0.15) is 0 Å². The van der Waals surface area contributed by atoms with Gasteiger partial charge in [0.2, 0.25) is 5.91 Å². The Balaban J connectivity index is 0.00000220. The summed E-state index contributed by atoms with van der Waals surface area (Å²) >= 11 is 0. The topological polar surface area (TPSA) is 44.4 Å². The molecule has 6 heteroatoms. The van der Waals surface area contributed by atoms with Crippen LogP contribution < -0.4 is 10.6 Å². The molecule has 1 saturated heterocycles. The average molecular weight is 354 g/mol. The molecule has 2 aliphatic rings. The van der Waals surface area contributed by atoms with Crippen molar-refractivity contribution in [2.75, 3.05) is 33.7 Å². The number of carbonyl (C=O) groups excluding carboxylic acids is 1. The van der Waals surface area contributed by atoms with Crippen LogP contribution in [0.3, 0.4) is 0 Å². The highest BCUT2D eigenvalue weighted by molar-refractivity contribution is 5.85. The van der Waals surface area contributed by atoms with Crippen LogP contribution in [0.25, 0.3) is 0 Å². The number of hydrogen-bond donors (Lipinski definition) is 2. The number of piperidine rings is 1. The van der Waals surface area contributed by atoms with E-state index in [0.29, 0.717) is 0 Å². The Hall–Kier alpha value is -0.0300. The zero-order valence-electron chi connectivity index (χ0n) is 14.2. The number of rotatable bonds is 4. The van der Waals surface area contributed by atoms with Crippen LogP contribution in [0.15, 0.2) is 0 Å². The van der Waals surface area contributed by atoms with Gasteiger partial charge in [0.05, 0.1) is 5.92 Å². The van der Waals surface area contributed by atoms with Crippen molar-refractivity contribution in [2.24, 2.45) is 11.8 Å². The van der Waals surface area contributed by atoms with Crippen molar-refractivity contribution in [2.45, 2.75) is 51.0 Å². The van der Waals surface area contributed by atoms with Gasteiger partial charge in [-0.3, -0.25) is 4.79 Å². The molecule has 1 aliphatic heterocycles. The minimum absolute atomic E-state index is 0. The zero-order valence-corrected chi connectivity index (χ0v) is 15.8. The summed E-state index contributed by atoms with van der Waals surface area (Å²) in [5, 5.41) is 6.57. The van der Waals surface area contributed by atoms with Crippen molar-refractivity contribution in [3.05, 3.63) is 0 Å². The van der Waals surface area contributed by atoms with Crippen LogP contribution in [-0.2, 0) is 4.79 Å². The van der Waals surface area contributed by atoms with Crippen molar-refractivity contribution in [3.63, 3.8) is 0 Å². The number of hydrogen-bond acceptors (Lipinski definition) is 3. The van der Waals surface area contributed by atoms with Gasteiger partial charge in [0.15, 0.2) is 0 Å². The van der Waals surface area contributed by atoms with Gasteiger partial charge in [-0.15, -0.1) is 24.8 Å². The number of likely N-dealkylation sites (N-methyl/N-ethyl adjacent to an activating group) is 1. The molecule has 4 nitrogen and oxygen atoms in total. The van der Waals surface area contributed by atoms with E-state index in [1.807, 2.05) is 0 Å². The normalized spacial score (nSPS) is 31.8. The highest BCUT2D eigenvalue weighted by atomic mass is 35.5. The lowest BCUT2D eigenvalue weighted by atomic mass is 9.75. The maximum Gasteiger partial charge on any atom is 0.224 e. The smallest absolute Gasteiger partial charge is 0.224 e. The third-order valence-electron chi connectivity index (χ3n) is 5.28. The van der Waals surface area contributed by atoms with Gasteiger partial charge < -0.3 is 15.5 Å². The lowest BCUT2D eigenvalue weighted by molar-refractivity contribution is -0.126. The summed E-state index contributed by atoms with van der Waals surface area (Å²) in [4.78, 5) is 14.7. The van der Waals surface area contributed by atoms with Gasteiger partial charge in [0, 0.05) is 18.6 Å². The van der Waals surface area contributed by atoms with E-state index < -0.39 is 0 Å². The van der Waals surface area contributed by atoms with Crippen LogP contribution in [-0.4, -0.2) is 50.1 Å². The van der Waals surface area contributed by atoms with E-state index in [1.54, 1.807) is 0 Å². The lowest BCUT2D eigenvalue weighted by Crippen LogP contribution is -2.56. The first kappa shape index (κ1) is 22.0. The molecule has 0 radical (unpaired) electrons. The summed E-state index contributed by atoms with van der Waals surface area (Å²) in [6.45, 7) is 5.05. The maximum atomic E-state index is 12.3. The Kier molecular flexibility index (Phi) is 9.95.